The van der Waals surface area contributed by atoms with Gasteiger partial charge in [-0.25, -0.2) is 0 Å². The van der Waals surface area contributed by atoms with Crippen molar-refractivity contribution in [3.8, 4) is 23.0 Å². The van der Waals surface area contributed by atoms with E-state index < -0.39 is 12.1 Å². The quantitative estimate of drug-likeness (QED) is 0.352. The number of benzene rings is 3. The number of piperazine rings is 1. The summed E-state index contributed by atoms with van der Waals surface area (Å²) in [5.74, 6) is 2.06. The first-order valence-electron chi connectivity index (χ1n) is 13.6. The van der Waals surface area contributed by atoms with Gasteiger partial charge in [0, 0.05) is 29.6 Å². The van der Waals surface area contributed by atoms with Gasteiger partial charge in [-0.15, -0.1) is 0 Å². The molecular weight excluding hydrogens is 522 g/mol. The van der Waals surface area contributed by atoms with Crippen LogP contribution in [0.5, 0.6) is 23.0 Å². The van der Waals surface area contributed by atoms with Gasteiger partial charge in [-0.05, 0) is 53.4 Å². The van der Waals surface area contributed by atoms with Gasteiger partial charge in [0.15, 0.2) is 11.5 Å². The lowest BCUT2D eigenvalue weighted by Gasteiger charge is -2.47. The highest BCUT2D eigenvalue weighted by Crippen LogP contribution is 2.47. The van der Waals surface area contributed by atoms with Crippen molar-refractivity contribution in [2.75, 3.05) is 41.5 Å². The molecule has 2 amide bonds. The number of amides is 2. The van der Waals surface area contributed by atoms with E-state index in [-0.39, 0.29) is 18.4 Å². The maximum atomic E-state index is 14.1. The maximum Gasteiger partial charge on any atom is 0.246 e. The van der Waals surface area contributed by atoms with Crippen LogP contribution >= 0.6 is 0 Å². The minimum atomic E-state index is -0.636. The molecule has 0 radical (unpaired) electrons. The van der Waals surface area contributed by atoms with Crippen LogP contribution in [0.2, 0.25) is 0 Å². The van der Waals surface area contributed by atoms with Crippen LogP contribution in [0, 0.1) is 0 Å². The summed E-state index contributed by atoms with van der Waals surface area (Å²) in [6.07, 6.45) is 1.08. The molecule has 9 heteroatoms. The molecule has 1 saturated heterocycles. The van der Waals surface area contributed by atoms with Gasteiger partial charge in [-0.2, -0.15) is 0 Å². The van der Waals surface area contributed by atoms with Crippen molar-refractivity contribution in [1.29, 1.82) is 0 Å². The molecule has 3 heterocycles. The fourth-order valence-corrected chi connectivity index (χ4v) is 6.17. The highest BCUT2D eigenvalue weighted by Gasteiger charge is 2.48. The zero-order valence-corrected chi connectivity index (χ0v) is 23.6. The standard InChI is InChI=1S/C32H33N3O6/c1-38-21-11-9-19(10-12-21)13-14-34-18-28(36)35-25(32(34)37)17-23-22-7-5-6-8-24(22)33-29(23)30(35)20-15-26(39-2)31(41-4)27(16-20)40-3/h5-12,15-16,25,30,33H,13-14,17-18H2,1-4H3/t25-,30-/m0/s1. The van der Waals surface area contributed by atoms with Crippen molar-refractivity contribution in [1.82, 2.24) is 14.8 Å². The first-order chi connectivity index (χ1) is 20.0. The van der Waals surface area contributed by atoms with Crippen molar-refractivity contribution in [2.24, 2.45) is 0 Å². The summed E-state index contributed by atoms with van der Waals surface area (Å²) in [5, 5.41) is 1.05. The molecule has 1 N–H and O–H groups in total. The number of nitrogens with zero attached hydrogens (tertiary/aromatic N) is 2. The normalized spacial score (nSPS) is 18.2. The smallest absolute Gasteiger partial charge is 0.246 e. The second-order valence-corrected chi connectivity index (χ2v) is 10.3. The predicted molar refractivity (Wildman–Crippen MR) is 154 cm³/mol. The Balaban J connectivity index is 1.41. The van der Waals surface area contributed by atoms with Gasteiger partial charge in [-0.1, -0.05) is 30.3 Å². The number of nitrogens with one attached hydrogen (secondary N) is 1. The number of fused-ring (bicyclic) bond motifs is 4. The fraction of sp³-hybridized carbons (Fsp3) is 0.312. The molecule has 0 unspecified atom stereocenters. The summed E-state index contributed by atoms with van der Waals surface area (Å²) < 4.78 is 22.1. The molecule has 41 heavy (non-hydrogen) atoms. The van der Waals surface area contributed by atoms with Crippen molar-refractivity contribution < 1.29 is 28.5 Å². The second kappa shape index (κ2) is 10.7. The number of carbonyl (C=O) groups is 2. The first kappa shape index (κ1) is 26.6. The summed E-state index contributed by atoms with van der Waals surface area (Å²) >= 11 is 0. The number of rotatable bonds is 8. The Labute approximate surface area is 238 Å². The van der Waals surface area contributed by atoms with Gasteiger partial charge >= 0.3 is 0 Å². The van der Waals surface area contributed by atoms with E-state index in [1.807, 2.05) is 54.6 Å². The summed E-state index contributed by atoms with van der Waals surface area (Å²) in [6, 6.07) is 18.4. The zero-order valence-electron chi connectivity index (χ0n) is 23.6. The van der Waals surface area contributed by atoms with Gasteiger partial charge in [-0.3, -0.25) is 9.59 Å². The molecule has 4 aromatic rings. The molecule has 6 rings (SSSR count). The van der Waals surface area contributed by atoms with Crippen LogP contribution in [0.3, 0.4) is 0 Å². The number of ether oxygens (including phenoxy) is 4. The van der Waals surface area contributed by atoms with Crippen LogP contribution in [0.15, 0.2) is 60.7 Å². The van der Waals surface area contributed by atoms with Gasteiger partial charge < -0.3 is 33.7 Å². The van der Waals surface area contributed by atoms with Crippen LogP contribution < -0.4 is 18.9 Å². The Bertz CT molecular complexity index is 1590. The van der Waals surface area contributed by atoms with Gasteiger partial charge in [0.05, 0.1) is 41.0 Å². The van der Waals surface area contributed by atoms with E-state index in [0.29, 0.717) is 36.6 Å². The molecule has 3 aromatic carbocycles. The minimum Gasteiger partial charge on any atom is -0.497 e. The number of H-pyrrole nitrogens is 1. The lowest BCUT2D eigenvalue weighted by molar-refractivity contribution is -0.158. The van der Waals surface area contributed by atoms with Crippen molar-refractivity contribution in [3.05, 3.63) is 83.0 Å². The number of aromatic nitrogens is 1. The van der Waals surface area contributed by atoms with E-state index in [1.165, 1.54) is 0 Å². The van der Waals surface area contributed by atoms with Gasteiger partial charge in [0.2, 0.25) is 17.6 Å². The number of methoxy groups -OCH3 is 4. The Morgan fingerprint density at radius 3 is 2.24 bits per heavy atom. The van der Waals surface area contributed by atoms with Crippen LogP contribution in [0.25, 0.3) is 10.9 Å². The molecule has 0 saturated carbocycles. The Morgan fingerprint density at radius 1 is 0.878 bits per heavy atom. The number of hydrogen-bond donors (Lipinski definition) is 1. The molecule has 212 valence electrons. The second-order valence-electron chi connectivity index (χ2n) is 10.3. The van der Waals surface area contributed by atoms with Crippen LogP contribution in [-0.2, 0) is 22.4 Å². The monoisotopic (exact) mass is 555 g/mol. The molecule has 2 aliphatic rings. The largest absolute Gasteiger partial charge is 0.497 e. The van der Waals surface area contributed by atoms with E-state index in [4.69, 9.17) is 18.9 Å². The highest BCUT2D eigenvalue weighted by molar-refractivity contribution is 5.97. The number of aromatic amines is 1. The third-order valence-corrected chi connectivity index (χ3v) is 8.17. The van der Waals surface area contributed by atoms with Crippen LogP contribution in [-0.4, -0.2) is 74.2 Å². The molecule has 9 nitrogen and oxygen atoms in total. The molecule has 2 atom stereocenters. The number of para-hydroxylation sites is 1. The van der Waals surface area contributed by atoms with Crippen molar-refractivity contribution in [3.63, 3.8) is 0 Å². The summed E-state index contributed by atoms with van der Waals surface area (Å²) in [4.78, 5) is 35.0. The number of carbonyl (C=O) groups excluding carboxylic acids is 2. The number of hydrogen-bond acceptors (Lipinski definition) is 6. The van der Waals surface area contributed by atoms with E-state index >= 15 is 0 Å². The SMILES string of the molecule is COc1ccc(CCN2CC(=O)N3[C@@H](c4cc(OC)c(OC)c(OC)c4)c4[nH]c5ccccc5c4C[C@H]3C2=O)cc1. The summed E-state index contributed by atoms with van der Waals surface area (Å²) in [7, 11) is 6.32. The average Bonchev–Trinajstić information content (AvgIpc) is 3.38. The van der Waals surface area contributed by atoms with E-state index in [0.717, 1.165) is 39.0 Å². The van der Waals surface area contributed by atoms with Crippen LogP contribution in [0.1, 0.15) is 28.4 Å². The summed E-state index contributed by atoms with van der Waals surface area (Å²) in [6.45, 7) is 0.471. The molecule has 0 bridgehead atoms. The molecule has 2 aliphatic heterocycles. The first-order valence-corrected chi connectivity index (χ1v) is 13.6. The zero-order chi connectivity index (χ0) is 28.7. The Morgan fingerprint density at radius 2 is 1.59 bits per heavy atom. The Hall–Kier alpha value is -4.66. The predicted octanol–water partition coefficient (Wildman–Crippen LogP) is 4.13. The maximum absolute atomic E-state index is 14.1. The van der Waals surface area contributed by atoms with Gasteiger partial charge in [0.1, 0.15) is 11.8 Å². The molecule has 1 aromatic heterocycles. The molecule has 0 spiro atoms. The van der Waals surface area contributed by atoms with E-state index in [2.05, 4.69) is 11.1 Å². The van der Waals surface area contributed by atoms with E-state index in [9.17, 15) is 9.59 Å². The van der Waals surface area contributed by atoms with Crippen LogP contribution in [0.4, 0.5) is 0 Å². The lowest BCUT2D eigenvalue weighted by Crippen LogP contribution is -2.63. The Kier molecular flexibility index (Phi) is 6.95. The third kappa shape index (κ3) is 4.51. The molecule has 1 fully saturated rings. The third-order valence-electron chi connectivity index (χ3n) is 8.17. The highest BCUT2D eigenvalue weighted by atomic mass is 16.5. The topological polar surface area (TPSA) is 93.3 Å². The van der Waals surface area contributed by atoms with E-state index in [1.54, 1.807) is 38.2 Å². The van der Waals surface area contributed by atoms with Crippen molar-refractivity contribution in [2.45, 2.75) is 24.9 Å². The fourth-order valence-electron chi connectivity index (χ4n) is 6.17. The van der Waals surface area contributed by atoms with Crippen molar-refractivity contribution >= 4 is 22.7 Å². The lowest BCUT2D eigenvalue weighted by atomic mass is 9.86. The summed E-state index contributed by atoms with van der Waals surface area (Å²) in [5.41, 5.74) is 4.74. The minimum absolute atomic E-state index is 0.0158. The molecule has 0 aliphatic carbocycles. The van der Waals surface area contributed by atoms with Gasteiger partial charge in [0.25, 0.3) is 0 Å². The molecular formula is C32H33N3O6. The average molecular weight is 556 g/mol.